The Hall–Kier alpha value is -2.80. The molecule has 0 bridgehead atoms. The van der Waals surface area contributed by atoms with E-state index in [2.05, 4.69) is 32.3 Å². The van der Waals surface area contributed by atoms with Gasteiger partial charge in [0.2, 0.25) is 5.95 Å². The number of fused-ring (bicyclic) bond motifs is 1. The van der Waals surface area contributed by atoms with E-state index >= 15 is 0 Å². The van der Waals surface area contributed by atoms with E-state index in [0.29, 0.717) is 29.4 Å². The van der Waals surface area contributed by atoms with Gasteiger partial charge in [-0.2, -0.15) is 4.98 Å². The number of rotatable bonds is 4. The highest BCUT2D eigenvalue weighted by atomic mass is 16.1. The van der Waals surface area contributed by atoms with Crippen LogP contribution in [0.2, 0.25) is 0 Å². The summed E-state index contributed by atoms with van der Waals surface area (Å²) in [5.74, 6) is 0.664. The second kappa shape index (κ2) is 7.21. The summed E-state index contributed by atoms with van der Waals surface area (Å²) < 4.78 is 1.73. The maximum atomic E-state index is 12.7. The van der Waals surface area contributed by atoms with E-state index in [1.54, 1.807) is 17.7 Å². The largest absolute Gasteiger partial charge is 0.338 e. The quantitative estimate of drug-likeness (QED) is 0.761. The first-order valence-electron chi connectivity index (χ1n) is 8.96. The first kappa shape index (κ1) is 16.7. The second-order valence-corrected chi connectivity index (χ2v) is 6.51. The smallest absolute Gasteiger partial charge is 0.273 e. The average Bonchev–Trinajstić information content (AvgIpc) is 2.69. The highest BCUT2D eigenvalue weighted by molar-refractivity contribution is 5.70. The molecule has 1 N–H and O–H groups in total. The number of aryl methyl sites for hydroxylation is 3. The van der Waals surface area contributed by atoms with Gasteiger partial charge in [-0.25, -0.2) is 9.97 Å². The second-order valence-electron chi connectivity index (χ2n) is 6.51. The van der Waals surface area contributed by atoms with Crippen LogP contribution < -0.4 is 15.8 Å². The molecule has 0 radical (unpaired) electrons. The van der Waals surface area contributed by atoms with Gasteiger partial charge in [0.1, 0.15) is 11.2 Å². The van der Waals surface area contributed by atoms with Gasteiger partial charge in [-0.1, -0.05) is 30.3 Å². The van der Waals surface area contributed by atoms with Crippen molar-refractivity contribution in [3.63, 3.8) is 0 Å². The Kier molecular flexibility index (Phi) is 4.62. The molecule has 2 aromatic heterocycles. The number of nitrogens with zero attached hydrogens (tertiary/aromatic N) is 5. The SMILES string of the molecule is Cc1nc2cnc(N3CCNCC3)nc2n(CCc2ccccc2)c1=O. The lowest BCUT2D eigenvalue weighted by Crippen LogP contribution is -2.44. The van der Waals surface area contributed by atoms with Crippen molar-refractivity contribution in [3.05, 3.63) is 58.1 Å². The molecule has 4 rings (SSSR count). The zero-order valence-corrected chi connectivity index (χ0v) is 14.9. The topological polar surface area (TPSA) is 75.9 Å². The molecule has 0 atom stereocenters. The van der Waals surface area contributed by atoms with Crippen LogP contribution in [0, 0.1) is 6.92 Å². The average molecular weight is 350 g/mol. The van der Waals surface area contributed by atoms with Crippen LogP contribution in [-0.4, -0.2) is 45.7 Å². The molecular formula is C19H22N6O. The number of nitrogens with one attached hydrogen (secondary N) is 1. The van der Waals surface area contributed by atoms with Gasteiger partial charge in [0.25, 0.3) is 5.56 Å². The molecule has 1 aliphatic heterocycles. The molecular weight excluding hydrogens is 328 g/mol. The summed E-state index contributed by atoms with van der Waals surface area (Å²) in [4.78, 5) is 28.4. The summed E-state index contributed by atoms with van der Waals surface area (Å²) in [5, 5.41) is 3.32. The first-order valence-corrected chi connectivity index (χ1v) is 8.96. The predicted molar refractivity (Wildman–Crippen MR) is 102 cm³/mol. The maximum Gasteiger partial charge on any atom is 0.273 e. The fourth-order valence-corrected chi connectivity index (χ4v) is 3.27. The van der Waals surface area contributed by atoms with Gasteiger partial charge < -0.3 is 10.2 Å². The fraction of sp³-hybridized carbons (Fsp3) is 0.368. The van der Waals surface area contributed by atoms with Crippen LogP contribution in [-0.2, 0) is 13.0 Å². The van der Waals surface area contributed by atoms with Crippen molar-refractivity contribution < 1.29 is 0 Å². The first-order chi connectivity index (χ1) is 12.7. The van der Waals surface area contributed by atoms with E-state index in [4.69, 9.17) is 4.98 Å². The molecule has 1 fully saturated rings. The van der Waals surface area contributed by atoms with Crippen molar-refractivity contribution >= 4 is 17.1 Å². The van der Waals surface area contributed by atoms with E-state index in [0.717, 1.165) is 32.6 Å². The Balaban J connectivity index is 1.73. The third kappa shape index (κ3) is 3.30. The van der Waals surface area contributed by atoms with Crippen molar-refractivity contribution in [2.24, 2.45) is 0 Å². The summed E-state index contributed by atoms with van der Waals surface area (Å²) in [6.07, 6.45) is 2.50. The van der Waals surface area contributed by atoms with Gasteiger partial charge in [-0.15, -0.1) is 0 Å². The molecule has 7 nitrogen and oxygen atoms in total. The third-order valence-electron chi connectivity index (χ3n) is 4.70. The van der Waals surface area contributed by atoms with Gasteiger partial charge in [-0.05, 0) is 18.9 Å². The van der Waals surface area contributed by atoms with Gasteiger partial charge in [0.15, 0.2) is 5.65 Å². The Morgan fingerprint density at radius 2 is 1.88 bits per heavy atom. The number of piperazine rings is 1. The summed E-state index contributed by atoms with van der Waals surface area (Å²) in [5.41, 5.74) is 2.86. The molecule has 7 heteroatoms. The molecule has 0 saturated carbocycles. The molecule has 1 aromatic carbocycles. The Labute approximate surface area is 151 Å². The molecule has 3 heterocycles. The van der Waals surface area contributed by atoms with Crippen LogP contribution in [0.5, 0.6) is 0 Å². The van der Waals surface area contributed by atoms with Gasteiger partial charge in [0, 0.05) is 32.7 Å². The zero-order chi connectivity index (χ0) is 17.9. The van der Waals surface area contributed by atoms with E-state index in [1.165, 1.54) is 5.56 Å². The predicted octanol–water partition coefficient (Wildman–Crippen LogP) is 1.15. The summed E-state index contributed by atoms with van der Waals surface area (Å²) in [6.45, 7) is 5.85. The van der Waals surface area contributed by atoms with E-state index in [9.17, 15) is 4.79 Å². The monoisotopic (exact) mass is 350 g/mol. The lowest BCUT2D eigenvalue weighted by molar-refractivity contribution is 0.579. The maximum absolute atomic E-state index is 12.7. The highest BCUT2D eigenvalue weighted by Crippen LogP contribution is 2.14. The molecule has 0 aliphatic carbocycles. The Morgan fingerprint density at radius 1 is 1.12 bits per heavy atom. The van der Waals surface area contributed by atoms with Crippen molar-refractivity contribution in [2.45, 2.75) is 19.9 Å². The number of aromatic nitrogens is 4. The molecule has 1 saturated heterocycles. The van der Waals surface area contributed by atoms with E-state index < -0.39 is 0 Å². The summed E-state index contributed by atoms with van der Waals surface area (Å²) in [7, 11) is 0. The summed E-state index contributed by atoms with van der Waals surface area (Å²) in [6, 6.07) is 10.2. The van der Waals surface area contributed by atoms with Crippen LogP contribution in [0.3, 0.4) is 0 Å². The standard InChI is InChI=1S/C19H22N6O/c1-14-18(26)25(10-7-15-5-3-2-4-6-15)17-16(22-14)13-21-19(23-17)24-11-8-20-9-12-24/h2-6,13,20H,7-12H2,1H3. The lowest BCUT2D eigenvalue weighted by Gasteiger charge is -2.27. The molecule has 0 unspecified atom stereocenters. The normalized spacial score (nSPS) is 14.7. The van der Waals surface area contributed by atoms with Crippen molar-refractivity contribution in [2.75, 3.05) is 31.1 Å². The van der Waals surface area contributed by atoms with Gasteiger partial charge >= 0.3 is 0 Å². The van der Waals surface area contributed by atoms with Gasteiger partial charge in [0.05, 0.1) is 6.20 Å². The number of hydrogen-bond acceptors (Lipinski definition) is 6. The molecule has 134 valence electrons. The zero-order valence-electron chi connectivity index (χ0n) is 14.9. The van der Waals surface area contributed by atoms with Crippen LogP contribution in [0.1, 0.15) is 11.3 Å². The lowest BCUT2D eigenvalue weighted by atomic mass is 10.1. The minimum Gasteiger partial charge on any atom is -0.338 e. The van der Waals surface area contributed by atoms with Crippen molar-refractivity contribution in [3.8, 4) is 0 Å². The van der Waals surface area contributed by atoms with Crippen molar-refractivity contribution in [1.82, 2.24) is 24.8 Å². The van der Waals surface area contributed by atoms with Crippen LogP contribution >= 0.6 is 0 Å². The van der Waals surface area contributed by atoms with Crippen molar-refractivity contribution in [1.29, 1.82) is 0 Å². The fourth-order valence-electron chi connectivity index (χ4n) is 3.27. The van der Waals surface area contributed by atoms with E-state index in [1.807, 2.05) is 18.2 Å². The molecule has 0 spiro atoms. The van der Waals surface area contributed by atoms with Crippen LogP contribution in [0.15, 0.2) is 41.3 Å². The number of anilines is 1. The van der Waals surface area contributed by atoms with Crippen LogP contribution in [0.25, 0.3) is 11.2 Å². The summed E-state index contributed by atoms with van der Waals surface area (Å²) >= 11 is 0. The molecule has 3 aromatic rings. The Morgan fingerprint density at radius 3 is 2.65 bits per heavy atom. The molecule has 1 aliphatic rings. The number of benzene rings is 1. The Bertz CT molecular complexity index is 963. The highest BCUT2D eigenvalue weighted by Gasteiger charge is 2.16. The minimum atomic E-state index is -0.0848. The van der Waals surface area contributed by atoms with Crippen LogP contribution in [0.4, 0.5) is 5.95 Å². The van der Waals surface area contributed by atoms with Gasteiger partial charge in [-0.3, -0.25) is 9.36 Å². The third-order valence-corrected chi connectivity index (χ3v) is 4.70. The molecule has 0 amide bonds. The minimum absolute atomic E-state index is 0.0848. The molecule has 26 heavy (non-hydrogen) atoms. The number of hydrogen-bond donors (Lipinski definition) is 1. The van der Waals surface area contributed by atoms with E-state index in [-0.39, 0.29) is 5.56 Å².